The maximum atomic E-state index is 13.7. The minimum Gasteiger partial charge on any atom is -0.319 e. The second-order valence-electron chi connectivity index (χ2n) is 6.69. The lowest BCUT2D eigenvalue weighted by molar-refractivity contribution is 0.0722. The average molecular weight is 452 g/mol. The van der Waals surface area contributed by atoms with Crippen molar-refractivity contribution < 1.29 is 17.2 Å². The van der Waals surface area contributed by atoms with E-state index in [9.17, 15) is 17.2 Å². The van der Waals surface area contributed by atoms with E-state index in [4.69, 9.17) is 5.14 Å². The standard InChI is InChI=1S/C19H19F2N5O2S2/c1-2-9-25-15-8-7-12(30(22,27)28)10-14(15)24-19(25)29-11-17-23-13-5-3-4-6-16(13)26(17)18(20)21/h3-8,10,18H,2,9,11H2,1H3,(H2,22,27,28). The van der Waals surface area contributed by atoms with Gasteiger partial charge >= 0.3 is 6.55 Å². The van der Waals surface area contributed by atoms with Crippen molar-refractivity contribution in [1.82, 2.24) is 19.1 Å². The van der Waals surface area contributed by atoms with Crippen molar-refractivity contribution in [1.29, 1.82) is 0 Å². The maximum Gasteiger partial charge on any atom is 0.320 e. The number of aryl methyl sites for hydroxylation is 1. The van der Waals surface area contributed by atoms with Crippen molar-refractivity contribution in [2.45, 2.75) is 42.2 Å². The van der Waals surface area contributed by atoms with Gasteiger partial charge < -0.3 is 4.57 Å². The zero-order chi connectivity index (χ0) is 21.5. The topological polar surface area (TPSA) is 95.8 Å². The number of nitrogens with zero attached hydrogens (tertiary/aromatic N) is 4. The van der Waals surface area contributed by atoms with Crippen molar-refractivity contribution in [2.24, 2.45) is 5.14 Å². The minimum atomic E-state index is -3.85. The van der Waals surface area contributed by atoms with Crippen molar-refractivity contribution in [3.8, 4) is 0 Å². The highest BCUT2D eigenvalue weighted by Crippen LogP contribution is 2.31. The second-order valence-corrected chi connectivity index (χ2v) is 9.20. The lowest BCUT2D eigenvalue weighted by Gasteiger charge is -2.09. The summed E-state index contributed by atoms with van der Waals surface area (Å²) in [6.07, 6.45) is 0.825. The molecule has 0 bridgehead atoms. The lowest BCUT2D eigenvalue weighted by Crippen LogP contribution is -2.11. The van der Waals surface area contributed by atoms with Gasteiger partial charge in [-0.15, -0.1) is 0 Å². The molecule has 4 aromatic rings. The summed E-state index contributed by atoms with van der Waals surface area (Å²) in [5, 5.41) is 5.82. The SMILES string of the molecule is CCCn1c(SCc2nc3ccccc3n2C(F)F)nc2cc(S(N)(=O)=O)ccc21. The number of aromatic nitrogens is 4. The second kappa shape index (κ2) is 7.97. The number of thioether (sulfide) groups is 1. The fraction of sp³-hybridized carbons (Fsp3) is 0.263. The number of fused-ring (bicyclic) bond motifs is 2. The van der Waals surface area contributed by atoms with E-state index >= 15 is 0 Å². The molecule has 0 atom stereocenters. The molecule has 0 unspecified atom stereocenters. The molecule has 0 aliphatic heterocycles. The van der Waals surface area contributed by atoms with E-state index in [0.717, 1.165) is 16.5 Å². The van der Waals surface area contributed by atoms with Gasteiger partial charge in [-0.25, -0.2) is 23.5 Å². The molecule has 0 spiro atoms. The van der Waals surface area contributed by atoms with Crippen LogP contribution in [0.15, 0.2) is 52.5 Å². The quantitative estimate of drug-likeness (QED) is 0.426. The Morgan fingerprint density at radius 3 is 2.57 bits per heavy atom. The van der Waals surface area contributed by atoms with Crippen LogP contribution in [0.1, 0.15) is 25.7 Å². The smallest absolute Gasteiger partial charge is 0.319 e. The van der Waals surface area contributed by atoms with Gasteiger partial charge in [0.2, 0.25) is 10.0 Å². The van der Waals surface area contributed by atoms with Crippen LogP contribution < -0.4 is 5.14 Å². The molecule has 0 radical (unpaired) electrons. The molecule has 2 aromatic carbocycles. The first-order chi connectivity index (χ1) is 14.3. The highest BCUT2D eigenvalue weighted by Gasteiger charge is 2.20. The first-order valence-electron chi connectivity index (χ1n) is 9.19. The van der Waals surface area contributed by atoms with Gasteiger partial charge in [0.25, 0.3) is 0 Å². The number of primary sulfonamides is 1. The third-order valence-corrected chi connectivity index (χ3v) is 6.54. The van der Waals surface area contributed by atoms with Crippen LogP contribution in [-0.4, -0.2) is 27.5 Å². The molecular formula is C19H19F2N5O2S2. The molecule has 0 amide bonds. The summed E-state index contributed by atoms with van der Waals surface area (Å²) in [6, 6.07) is 11.3. The predicted molar refractivity (Wildman–Crippen MR) is 112 cm³/mol. The minimum absolute atomic E-state index is 0.0211. The third-order valence-electron chi connectivity index (χ3n) is 4.65. The Morgan fingerprint density at radius 1 is 1.10 bits per heavy atom. The van der Waals surface area contributed by atoms with E-state index in [1.807, 2.05) is 11.5 Å². The maximum absolute atomic E-state index is 13.7. The Bertz CT molecular complexity index is 1330. The van der Waals surface area contributed by atoms with E-state index in [1.165, 1.54) is 23.9 Å². The number of alkyl halides is 2. The Labute approximate surface area is 176 Å². The van der Waals surface area contributed by atoms with E-state index in [1.54, 1.807) is 30.3 Å². The molecule has 2 aromatic heterocycles. The molecular weight excluding hydrogens is 432 g/mol. The monoisotopic (exact) mass is 451 g/mol. The molecule has 11 heteroatoms. The summed E-state index contributed by atoms with van der Waals surface area (Å²) in [4.78, 5) is 8.86. The number of halogens is 2. The van der Waals surface area contributed by atoms with Crippen molar-refractivity contribution in [2.75, 3.05) is 0 Å². The van der Waals surface area contributed by atoms with Crippen LogP contribution in [0.2, 0.25) is 0 Å². The van der Waals surface area contributed by atoms with Crippen molar-refractivity contribution >= 4 is 43.9 Å². The van der Waals surface area contributed by atoms with Crippen LogP contribution in [0.25, 0.3) is 22.1 Å². The molecule has 2 N–H and O–H groups in total. The molecule has 30 heavy (non-hydrogen) atoms. The molecule has 7 nitrogen and oxygen atoms in total. The Morgan fingerprint density at radius 2 is 1.87 bits per heavy atom. The normalized spacial score (nSPS) is 12.4. The van der Waals surface area contributed by atoms with Gasteiger partial charge in [0.15, 0.2) is 5.16 Å². The summed E-state index contributed by atoms with van der Waals surface area (Å²) < 4.78 is 53.5. The molecule has 4 rings (SSSR count). The lowest BCUT2D eigenvalue weighted by atomic mass is 10.3. The van der Waals surface area contributed by atoms with Gasteiger partial charge in [0, 0.05) is 6.54 Å². The van der Waals surface area contributed by atoms with Crippen molar-refractivity contribution in [3.05, 3.63) is 48.3 Å². The Balaban J connectivity index is 1.73. The Hall–Kier alpha value is -2.50. The van der Waals surface area contributed by atoms with E-state index < -0.39 is 16.6 Å². The van der Waals surface area contributed by atoms with Gasteiger partial charge in [-0.3, -0.25) is 4.57 Å². The fourth-order valence-electron chi connectivity index (χ4n) is 3.36. The number of hydrogen-bond donors (Lipinski definition) is 1. The zero-order valence-corrected chi connectivity index (χ0v) is 17.6. The molecule has 0 saturated carbocycles. The molecule has 158 valence electrons. The van der Waals surface area contributed by atoms with E-state index in [0.29, 0.717) is 28.3 Å². The third kappa shape index (κ3) is 3.80. The highest BCUT2D eigenvalue weighted by atomic mass is 32.2. The van der Waals surface area contributed by atoms with Crippen LogP contribution in [0, 0.1) is 0 Å². The predicted octanol–water partition coefficient (Wildman–Crippen LogP) is 4.13. The van der Waals surface area contributed by atoms with Crippen molar-refractivity contribution in [3.63, 3.8) is 0 Å². The number of imidazole rings is 2. The molecule has 0 saturated heterocycles. The van der Waals surface area contributed by atoms with E-state index in [2.05, 4.69) is 9.97 Å². The molecule has 0 fully saturated rings. The number of para-hydroxylation sites is 2. The van der Waals surface area contributed by atoms with E-state index in [-0.39, 0.29) is 16.5 Å². The van der Waals surface area contributed by atoms with Crippen LogP contribution in [0.3, 0.4) is 0 Å². The number of hydrogen-bond acceptors (Lipinski definition) is 5. The summed E-state index contributed by atoms with van der Waals surface area (Å²) >= 11 is 1.28. The summed E-state index contributed by atoms with van der Waals surface area (Å²) in [6.45, 7) is -0.0478. The van der Waals surface area contributed by atoms with Crippen LogP contribution in [0.4, 0.5) is 8.78 Å². The summed E-state index contributed by atoms with van der Waals surface area (Å²) in [5.74, 6) is 0.435. The largest absolute Gasteiger partial charge is 0.320 e. The molecule has 0 aliphatic rings. The first-order valence-corrected chi connectivity index (χ1v) is 11.7. The summed E-state index contributed by atoms with van der Waals surface area (Å²) in [7, 11) is -3.85. The fourth-order valence-corrected chi connectivity index (χ4v) is 4.86. The summed E-state index contributed by atoms with van der Waals surface area (Å²) in [5.41, 5.74) is 2.13. The van der Waals surface area contributed by atoms with Gasteiger partial charge in [0.05, 0.1) is 32.7 Å². The molecule has 2 heterocycles. The number of benzene rings is 2. The van der Waals surface area contributed by atoms with Gasteiger partial charge in [-0.1, -0.05) is 30.8 Å². The number of sulfonamides is 1. The Kier molecular flexibility index (Phi) is 5.51. The average Bonchev–Trinajstić information content (AvgIpc) is 3.23. The first kappa shape index (κ1) is 20.8. The molecule has 0 aliphatic carbocycles. The number of nitrogens with two attached hydrogens (primary N) is 1. The van der Waals surface area contributed by atoms with Gasteiger partial charge in [-0.05, 0) is 36.8 Å². The highest BCUT2D eigenvalue weighted by molar-refractivity contribution is 7.98. The number of rotatable bonds is 7. The zero-order valence-electron chi connectivity index (χ0n) is 16.0. The van der Waals surface area contributed by atoms with Crippen LogP contribution >= 0.6 is 11.8 Å². The van der Waals surface area contributed by atoms with Gasteiger partial charge in [-0.2, -0.15) is 8.78 Å². The van der Waals surface area contributed by atoms with Gasteiger partial charge in [0.1, 0.15) is 5.82 Å². The van der Waals surface area contributed by atoms with Crippen LogP contribution in [0.5, 0.6) is 0 Å². The van der Waals surface area contributed by atoms with Crippen LogP contribution in [-0.2, 0) is 22.3 Å².